The van der Waals surface area contributed by atoms with Crippen LogP contribution in [0.4, 0.5) is 5.69 Å². The van der Waals surface area contributed by atoms with Gasteiger partial charge in [-0.1, -0.05) is 6.92 Å². The summed E-state index contributed by atoms with van der Waals surface area (Å²) in [4.78, 5) is 28.4. The van der Waals surface area contributed by atoms with Crippen molar-refractivity contribution in [2.75, 3.05) is 51.2 Å². The molecule has 1 aromatic carbocycles. The van der Waals surface area contributed by atoms with E-state index in [2.05, 4.69) is 22.0 Å². The van der Waals surface area contributed by atoms with Gasteiger partial charge in [0.1, 0.15) is 0 Å². The van der Waals surface area contributed by atoms with Crippen molar-refractivity contribution >= 4 is 17.6 Å². The number of rotatable bonds is 7. The molecule has 1 saturated heterocycles. The van der Waals surface area contributed by atoms with Gasteiger partial charge in [0.25, 0.3) is 0 Å². The molecule has 0 atom stereocenters. The molecule has 0 aliphatic carbocycles. The molecule has 2 rings (SSSR count). The summed E-state index contributed by atoms with van der Waals surface area (Å²) in [5.74, 6) is -0.349. The van der Waals surface area contributed by atoms with Crippen LogP contribution < -0.4 is 5.32 Å². The number of nitrogens with zero attached hydrogens (tertiary/aromatic N) is 2. The molecule has 1 amide bonds. The predicted octanol–water partition coefficient (Wildman–Crippen LogP) is 1.83. The molecule has 0 unspecified atom stereocenters. The molecule has 0 saturated carbocycles. The van der Waals surface area contributed by atoms with Gasteiger partial charge < -0.3 is 19.9 Å². The zero-order valence-electron chi connectivity index (χ0n) is 14.6. The summed E-state index contributed by atoms with van der Waals surface area (Å²) in [5, 5.41) is 2.87. The minimum atomic E-state index is -0.346. The monoisotopic (exact) mass is 333 g/mol. The number of carbonyl (C=O) groups is 2. The van der Waals surface area contributed by atoms with E-state index in [4.69, 9.17) is 4.74 Å². The third-order valence-electron chi connectivity index (χ3n) is 4.25. The average molecular weight is 333 g/mol. The molecular formula is C18H27N3O3. The second-order valence-electron chi connectivity index (χ2n) is 5.87. The van der Waals surface area contributed by atoms with Crippen LogP contribution in [-0.4, -0.2) is 67.6 Å². The fourth-order valence-electron chi connectivity index (χ4n) is 2.72. The van der Waals surface area contributed by atoms with Crippen molar-refractivity contribution in [3.63, 3.8) is 0 Å². The van der Waals surface area contributed by atoms with E-state index in [1.807, 2.05) is 0 Å². The molecule has 0 bridgehead atoms. The molecule has 132 valence electrons. The quantitative estimate of drug-likeness (QED) is 0.772. The Morgan fingerprint density at radius 3 is 2.25 bits per heavy atom. The summed E-state index contributed by atoms with van der Waals surface area (Å²) in [6, 6.07) is 6.78. The summed E-state index contributed by atoms with van der Waals surface area (Å²) in [6.45, 7) is 10.4. The Bertz CT molecular complexity index is 537. The normalized spacial score (nSPS) is 15.9. The number of nitrogens with one attached hydrogen (secondary N) is 1. The van der Waals surface area contributed by atoms with E-state index in [9.17, 15) is 9.59 Å². The van der Waals surface area contributed by atoms with Gasteiger partial charge in [0, 0.05) is 44.8 Å². The summed E-state index contributed by atoms with van der Waals surface area (Å²) >= 11 is 0. The van der Waals surface area contributed by atoms with Crippen LogP contribution in [0, 0.1) is 0 Å². The Morgan fingerprint density at radius 1 is 1.04 bits per heavy atom. The van der Waals surface area contributed by atoms with Crippen LogP contribution in [0.3, 0.4) is 0 Å². The van der Waals surface area contributed by atoms with Gasteiger partial charge in [0.15, 0.2) is 0 Å². The van der Waals surface area contributed by atoms with Gasteiger partial charge in [0.05, 0.1) is 12.2 Å². The maximum Gasteiger partial charge on any atom is 0.338 e. The van der Waals surface area contributed by atoms with Gasteiger partial charge in [-0.25, -0.2) is 4.79 Å². The van der Waals surface area contributed by atoms with Crippen LogP contribution in [-0.2, 0) is 9.53 Å². The van der Waals surface area contributed by atoms with Gasteiger partial charge in [0.2, 0.25) is 5.91 Å². The van der Waals surface area contributed by atoms with Crippen molar-refractivity contribution in [1.82, 2.24) is 9.80 Å². The molecule has 1 fully saturated rings. The third kappa shape index (κ3) is 5.62. The number of anilines is 1. The zero-order valence-corrected chi connectivity index (χ0v) is 14.6. The molecule has 1 N–H and O–H groups in total. The lowest BCUT2D eigenvalue weighted by atomic mass is 10.2. The highest BCUT2D eigenvalue weighted by Gasteiger charge is 2.16. The highest BCUT2D eigenvalue weighted by molar-refractivity contribution is 5.93. The van der Waals surface area contributed by atoms with Crippen molar-refractivity contribution in [3.05, 3.63) is 29.8 Å². The van der Waals surface area contributed by atoms with E-state index in [1.54, 1.807) is 31.2 Å². The second kappa shape index (κ2) is 9.39. The summed E-state index contributed by atoms with van der Waals surface area (Å²) in [7, 11) is 0. The topological polar surface area (TPSA) is 61.9 Å². The first-order valence-corrected chi connectivity index (χ1v) is 8.64. The van der Waals surface area contributed by atoms with Gasteiger partial charge in [-0.2, -0.15) is 0 Å². The lowest BCUT2D eigenvalue weighted by Crippen LogP contribution is -2.46. The summed E-state index contributed by atoms with van der Waals surface area (Å²) in [6.07, 6.45) is 0.478. The van der Waals surface area contributed by atoms with Crippen molar-refractivity contribution in [2.24, 2.45) is 0 Å². The molecule has 6 heteroatoms. The molecule has 1 aliphatic heterocycles. The van der Waals surface area contributed by atoms with Gasteiger partial charge in [-0.3, -0.25) is 4.79 Å². The predicted molar refractivity (Wildman–Crippen MR) is 94.2 cm³/mol. The minimum absolute atomic E-state index is 0.00296. The van der Waals surface area contributed by atoms with Crippen LogP contribution >= 0.6 is 0 Å². The first kappa shape index (κ1) is 18.4. The average Bonchev–Trinajstić information content (AvgIpc) is 2.61. The zero-order chi connectivity index (χ0) is 17.4. The molecule has 0 aromatic heterocycles. The molecule has 1 aromatic rings. The van der Waals surface area contributed by atoms with E-state index in [0.717, 1.165) is 39.3 Å². The highest BCUT2D eigenvalue weighted by Crippen LogP contribution is 2.11. The Kier molecular flexibility index (Phi) is 7.21. The van der Waals surface area contributed by atoms with Crippen LogP contribution in [0.5, 0.6) is 0 Å². The van der Waals surface area contributed by atoms with E-state index in [1.165, 1.54) is 0 Å². The molecule has 6 nitrogen and oxygen atoms in total. The number of benzene rings is 1. The van der Waals surface area contributed by atoms with Crippen LogP contribution in [0.25, 0.3) is 0 Å². The number of piperazine rings is 1. The summed E-state index contributed by atoms with van der Waals surface area (Å²) in [5.41, 5.74) is 1.19. The Hall–Kier alpha value is -1.92. The number of likely N-dealkylation sites (N-methyl/N-ethyl adjacent to an activating group) is 1. The first-order valence-electron chi connectivity index (χ1n) is 8.64. The minimum Gasteiger partial charge on any atom is -0.462 e. The van der Waals surface area contributed by atoms with Crippen LogP contribution in [0.2, 0.25) is 0 Å². The maximum atomic E-state index is 12.1. The Morgan fingerprint density at radius 2 is 1.67 bits per heavy atom. The number of hydrogen-bond donors (Lipinski definition) is 1. The lowest BCUT2D eigenvalue weighted by molar-refractivity contribution is -0.116. The molecular weight excluding hydrogens is 306 g/mol. The van der Waals surface area contributed by atoms with Gasteiger partial charge in [-0.15, -0.1) is 0 Å². The smallest absolute Gasteiger partial charge is 0.338 e. The number of esters is 1. The van der Waals surface area contributed by atoms with Gasteiger partial charge in [-0.05, 0) is 37.7 Å². The van der Waals surface area contributed by atoms with Crippen molar-refractivity contribution in [3.8, 4) is 0 Å². The van der Waals surface area contributed by atoms with Crippen molar-refractivity contribution < 1.29 is 14.3 Å². The van der Waals surface area contributed by atoms with Gasteiger partial charge >= 0.3 is 5.97 Å². The van der Waals surface area contributed by atoms with E-state index < -0.39 is 0 Å². The fourth-order valence-corrected chi connectivity index (χ4v) is 2.72. The molecule has 0 radical (unpaired) electrons. The number of carbonyl (C=O) groups excluding carboxylic acids is 2. The fraction of sp³-hybridized carbons (Fsp3) is 0.556. The molecule has 0 spiro atoms. The van der Waals surface area contributed by atoms with E-state index >= 15 is 0 Å². The number of amides is 1. The molecule has 24 heavy (non-hydrogen) atoms. The van der Waals surface area contributed by atoms with Crippen LogP contribution in [0.1, 0.15) is 30.6 Å². The largest absolute Gasteiger partial charge is 0.462 e. The highest BCUT2D eigenvalue weighted by atomic mass is 16.5. The number of ether oxygens (including phenoxy) is 1. The second-order valence-corrected chi connectivity index (χ2v) is 5.87. The standard InChI is InChI=1S/C18H27N3O3/c1-3-20-11-13-21(14-12-20)10-9-17(22)19-16-7-5-15(6-8-16)18(23)24-4-2/h5-8H,3-4,9-14H2,1-2H3,(H,19,22). The summed E-state index contributed by atoms with van der Waals surface area (Å²) < 4.78 is 4.94. The van der Waals surface area contributed by atoms with Crippen LogP contribution in [0.15, 0.2) is 24.3 Å². The Balaban J connectivity index is 1.73. The first-order chi connectivity index (χ1) is 11.6. The van der Waals surface area contributed by atoms with Crippen molar-refractivity contribution in [1.29, 1.82) is 0 Å². The third-order valence-corrected chi connectivity index (χ3v) is 4.25. The number of hydrogen-bond acceptors (Lipinski definition) is 5. The lowest BCUT2D eigenvalue weighted by Gasteiger charge is -2.33. The van der Waals surface area contributed by atoms with E-state index in [-0.39, 0.29) is 11.9 Å². The maximum absolute atomic E-state index is 12.1. The molecule has 1 heterocycles. The Labute approximate surface area is 143 Å². The molecule has 1 aliphatic rings. The van der Waals surface area contributed by atoms with E-state index in [0.29, 0.717) is 24.3 Å². The SMILES string of the molecule is CCOC(=O)c1ccc(NC(=O)CCN2CCN(CC)CC2)cc1. The van der Waals surface area contributed by atoms with Crippen molar-refractivity contribution in [2.45, 2.75) is 20.3 Å².